The van der Waals surface area contributed by atoms with Gasteiger partial charge in [-0.05, 0) is 56.7 Å². The van der Waals surface area contributed by atoms with Gasteiger partial charge in [-0.15, -0.1) is 10.2 Å². The van der Waals surface area contributed by atoms with Crippen LogP contribution in [0.3, 0.4) is 0 Å². The van der Waals surface area contributed by atoms with Crippen LogP contribution in [-0.2, 0) is 4.74 Å². The summed E-state index contributed by atoms with van der Waals surface area (Å²) in [6.45, 7) is 5.50. The first kappa shape index (κ1) is 17.7. The van der Waals surface area contributed by atoms with E-state index in [2.05, 4.69) is 10.2 Å². The minimum Gasteiger partial charge on any atom is -0.497 e. The second-order valence-corrected chi connectivity index (χ2v) is 6.04. The maximum atomic E-state index is 12.4. The third kappa shape index (κ3) is 3.74. The molecule has 3 aromatic rings. The molecule has 0 aliphatic rings. The van der Waals surface area contributed by atoms with Crippen LogP contribution in [0.4, 0.5) is 0 Å². The van der Waals surface area contributed by atoms with Crippen LogP contribution in [0.25, 0.3) is 11.5 Å². The molecule has 2 aromatic carbocycles. The molecule has 0 radical (unpaired) electrons. The highest BCUT2D eigenvalue weighted by molar-refractivity contribution is 5.91. The summed E-state index contributed by atoms with van der Waals surface area (Å²) in [5.41, 5.74) is 3.15. The first-order valence-electron chi connectivity index (χ1n) is 8.24. The molecule has 26 heavy (non-hydrogen) atoms. The highest BCUT2D eigenvalue weighted by Crippen LogP contribution is 2.25. The van der Waals surface area contributed by atoms with E-state index in [0.29, 0.717) is 11.5 Å². The minimum absolute atomic E-state index is 0.245. The fourth-order valence-corrected chi connectivity index (χ4v) is 2.48. The van der Waals surface area contributed by atoms with Crippen molar-refractivity contribution in [2.24, 2.45) is 0 Å². The summed E-state index contributed by atoms with van der Waals surface area (Å²) in [5.74, 6) is 0.930. The molecular formula is C20H20N2O4. The molecule has 0 saturated carbocycles. The average molecular weight is 352 g/mol. The molecule has 0 saturated heterocycles. The lowest BCUT2D eigenvalue weighted by atomic mass is 10.1. The molecule has 134 valence electrons. The molecule has 0 spiro atoms. The number of carbonyl (C=O) groups excluding carboxylic acids is 1. The van der Waals surface area contributed by atoms with Crippen LogP contribution >= 0.6 is 0 Å². The Labute approximate surface area is 151 Å². The van der Waals surface area contributed by atoms with Gasteiger partial charge in [0.15, 0.2) is 6.10 Å². The van der Waals surface area contributed by atoms with Crippen molar-refractivity contribution in [3.63, 3.8) is 0 Å². The Bertz CT molecular complexity index is 916. The van der Waals surface area contributed by atoms with E-state index in [0.717, 1.165) is 22.4 Å². The van der Waals surface area contributed by atoms with Gasteiger partial charge in [-0.3, -0.25) is 0 Å². The summed E-state index contributed by atoms with van der Waals surface area (Å²) >= 11 is 0. The minimum atomic E-state index is -0.651. The summed E-state index contributed by atoms with van der Waals surface area (Å²) in [4.78, 5) is 12.4. The standard InChI is InChI=1S/C20H20N2O4/c1-12-5-6-13(2)17(11-12)20(23)25-14(3)18-21-22-19(26-18)15-7-9-16(24-4)10-8-15/h5-11,14H,1-4H3/t14-/m1/s1. The fourth-order valence-electron chi connectivity index (χ4n) is 2.48. The van der Waals surface area contributed by atoms with E-state index in [4.69, 9.17) is 13.9 Å². The Morgan fingerprint density at radius 1 is 1.08 bits per heavy atom. The number of rotatable bonds is 5. The number of hydrogen-bond donors (Lipinski definition) is 0. The van der Waals surface area contributed by atoms with Crippen LogP contribution in [0.2, 0.25) is 0 Å². The number of methoxy groups -OCH3 is 1. The molecule has 1 aromatic heterocycles. The maximum Gasteiger partial charge on any atom is 0.339 e. The number of esters is 1. The zero-order valence-corrected chi connectivity index (χ0v) is 15.1. The van der Waals surface area contributed by atoms with Gasteiger partial charge in [0.1, 0.15) is 5.75 Å². The van der Waals surface area contributed by atoms with Crippen molar-refractivity contribution in [2.75, 3.05) is 7.11 Å². The van der Waals surface area contributed by atoms with E-state index < -0.39 is 12.1 Å². The van der Waals surface area contributed by atoms with Crippen molar-refractivity contribution in [2.45, 2.75) is 26.9 Å². The molecule has 1 heterocycles. The van der Waals surface area contributed by atoms with Gasteiger partial charge in [-0.1, -0.05) is 17.7 Å². The SMILES string of the molecule is COc1ccc(-c2nnc([C@@H](C)OC(=O)c3cc(C)ccc3C)o2)cc1. The summed E-state index contributed by atoms with van der Waals surface area (Å²) in [5, 5.41) is 8.02. The van der Waals surface area contributed by atoms with E-state index >= 15 is 0 Å². The van der Waals surface area contributed by atoms with Crippen molar-refractivity contribution in [1.29, 1.82) is 0 Å². The van der Waals surface area contributed by atoms with E-state index in [1.807, 2.05) is 50.2 Å². The number of ether oxygens (including phenoxy) is 2. The van der Waals surface area contributed by atoms with E-state index in [1.165, 1.54) is 0 Å². The summed E-state index contributed by atoms with van der Waals surface area (Å²) in [6.07, 6.45) is -0.651. The third-order valence-electron chi connectivity index (χ3n) is 4.02. The Kier molecular flexibility index (Phi) is 5.02. The molecule has 0 unspecified atom stereocenters. The van der Waals surface area contributed by atoms with Crippen LogP contribution in [-0.4, -0.2) is 23.3 Å². The summed E-state index contributed by atoms with van der Waals surface area (Å²) in [6, 6.07) is 12.9. The molecule has 3 rings (SSSR count). The zero-order valence-electron chi connectivity index (χ0n) is 15.1. The first-order valence-corrected chi connectivity index (χ1v) is 8.24. The van der Waals surface area contributed by atoms with Gasteiger partial charge >= 0.3 is 5.97 Å². The molecule has 0 bridgehead atoms. The lowest BCUT2D eigenvalue weighted by molar-refractivity contribution is 0.0279. The van der Waals surface area contributed by atoms with Gasteiger partial charge in [-0.2, -0.15) is 0 Å². The van der Waals surface area contributed by atoms with Crippen LogP contribution in [0.1, 0.15) is 40.4 Å². The van der Waals surface area contributed by atoms with Gasteiger partial charge in [0.05, 0.1) is 12.7 Å². The van der Waals surface area contributed by atoms with E-state index in [9.17, 15) is 4.79 Å². The topological polar surface area (TPSA) is 74.5 Å². The number of hydrogen-bond acceptors (Lipinski definition) is 6. The average Bonchev–Trinajstić information content (AvgIpc) is 3.14. The second-order valence-electron chi connectivity index (χ2n) is 6.04. The number of aromatic nitrogens is 2. The molecule has 0 N–H and O–H groups in total. The van der Waals surface area contributed by atoms with Gasteiger partial charge < -0.3 is 13.9 Å². The lowest BCUT2D eigenvalue weighted by Crippen LogP contribution is -2.11. The van der Waals surface area contributed by atoms with Crippen molar-refractivity contribution in [3.05, 3.63) is 65.0 Å². The Morgan fingerprint density at radius 3 is 2.50 bits per heavy atom. The Balaban J connectivity index is 1.74. The quantitative estimate of drug-likeness (QED) is 0.638. The van der Waals surface area contributed by atoms with Crippen molar-refractivity contribution in [1.82, 2.24) is 10.2 Å². The number of carbonyl (C=O) groups is 1. The molecule has 0 fully saturated rings. The molecule has 6 heteroatoms. The van der Waals surface area contributed by atoms with Crippen molar-refractivity contribution in [3.8, 4) is 17.2 Å². The summed E-state index contributed by atoms with van der Waals surface area (Å²) in [7, 11) is 1.60. The molecule has 0 aliphatic carbocycles. The number of aryl methyl sites for hydroxylation is 2. The number of nitrogens with zero attached hydrogens (tertiary/aromatic N) is 2. The largest absolute Gasteiger partial charge is 0.497 e. The molecule has 1 atom stereocenters. The third-order valence-corrected chi connectivity index (χ3v) is 4.02. The van der Waals surface area contributed by atoms with Gasteiger partial charge in [0, 0.05) is 5.56 Å². The monoisotopic (exact) mass is 352 g/mol. The van der Waals surface area contributed by atoms with Gasteiger partial charge in [-0.25, -0.2) is 4.79 Å². The number of benzene rings is 2. The summed E-state index contributed by atoms with van der Waals surface area (Å²) < 4.78 is 16.3. The zero-order chi connectivity index (χ0) is 18.7. The second kappa shape index (κ2) is 7.39. The lowest BCUT2D eigenvalue weighted by Gasteiger charge is -2.11. The molecular weight excluding hydrogens is 332 g/mol. The van der Waals surface area contributed by atoms with E-state index in [1.54, 1.807) is 20.1 Å². The van der Waals surface area contributed by atoms with Crippen LogP contribution in [0.5, 0.6) is 5.75 Å². The Hall–Kier alpha value is -3.15. The van der Waals surface area contributed by atoms with Crippen LogP contribution < -0.4 is 4.74 Å². The predicted molar refractivity (Wildman–Crippen MR) is 96.0 cm³/mol. The Morgan fingerprint density at radius 2 is 1.81 bits per heavy atom. The highest BCUT2D eigenvalue weighted by Gasteiger charge is 2.21. The molecule has 0 aliphatic heterocycles. The van der Waals surface area contributed by atoms with Crippen LogP contribution in [0.15, 0.2) is 46.9 Å². The smallest absolute Gasteiger partial charge is 0.339 e. The van der Waals surface area contributed by atoms with E-state index in [-0.39, 0.29) is 5.89 Å². The molecule has 0 amide bonds. The van der Waals surface area contributed by atoms with Gasteiger partial charge in [0.25, 0.3) is 5.89 Å². The molecule has 6 nitrogen and oxygen atoms in total. The maximum absolute atomic E-state index is 12.4. The highest BCUT2D eigenvalue weighted by atomic mass is 16.6. The fraction of sp³-hybridized carbons (Fsp3) is 0.250. The predicted octanol–water partition coefficient (Wildman–Crippen LogP) is 4.28. The van der Waals surface area contributed by atoms with Crippen molar-refractivity contribution >= 4 is 5.97 Å². The first-order chi connectivity index (χ1) is 12.5. The normalized spacial score (nSPS) is 11.8. The van der Waals surface area contributed by atoms with Crippen molar-refractivity contribution < 1.29 is 18.7 Å². The van der Waals surface area contributed by atoms with Gasteiger partial charge in [0.2, 0.25) is 5.89 Å². The van der Waals surface area contributed by atoms with Crippen LogP contribution in [0, 0.1) is 13.8 Å².